The van der Waals surface area contributed by atoms with Crippen molar-refractivity contribution < 1.29 is 9.84 Å². The summed E-state index contributed by atoms with van der Waals surface area (Å²) >= 11 is 1.44. The second-order valence-electron chi connectivity index (χ2n) is 4.36. The SMILES string of the molecule is Nc1cccnc1SCC(O)COCc1ccccc1. The van der Waals surface area contributed by atoms with Crippen LogP contribution in [0.4, 0.5) is 5.69 Å². The summed E-state index contributed by atoms with van der Waals surface area (Å²) in [7, 11) is 0. The van der Waals surface area contributed by atoms with Crippen LogP contribution in [0.15, 0.2) is 53.7 Å². The Kier molecular flexibility index (Phi) is 5.86. The fourth-order valence-electron chi connectivity index (χ4n) is 1.63. The number of anilines is 1. The Hall–Kier alpha value is -1.56. The van der Waals surface area contributed by atoms with Crippen LogP contribution in [0.25, 0.3) is 0 Å². The third kappa shape index (κ3) is 4.85. The molecule has 20 heavy (non-hydrogen) atoms. The summed E-state index contributed by atoms with van der Waals surface area (Å²) in [5, 5.41) is 10.6. The van der Waals surface area contributed by atoms with E-state index in [2.05, 4.69) is 4.98 Å². The normalized spacial score (nSPS) is 12.2. The van der Waals surface area contributed by atoms with Crippen molar-refractivity contribution in [2.45, 2.75) is 17.7 Å². The predicted molar refractivity (Wildman–Crippen MR) is 81.5 cm³/mol. The molecule has 0 spiro atoms. The zero-order chi connectivity index (χ0) is 14.2. The molecule has 1 heterocycles. The molecule has 1 unspecified atom stereocenters. The van der Waals surface area contributed by atoms with Crippen molar-refractivity contribution in [2.75, 3.05) is 18.1 Å². The van der Waals surface area contributed by atoms with Gasteiger partial charge in [0.05, 0.1) is 25.0 Å². The average molecular weight is 290 g/mol. The molecule has 1 atom stereocenters. The van der Waals surface area contributed by atoms with Crippen molar-refractivity contribution in [2.24, 2.45) is 0 Å². The van der Waals surface area contributed by atoms with Crippen molar-refractivity contribution in [1.29, 1.82) is 0 Å². The Balaban J connectivity index is 1.68. The van der Waals surface area contributed by atoms with E-state index < -0.39 is 6.10 Å². The summed E-state index contributed by atoms with van der Waals surface area (Å²) in [6.07, 6.45) is 1.15. The smallest absolute Gasteiger partial charge is 0.119 e. The van der Waals surface area contributed by atoms with Gasteiger partial charge in [-0.3, -0.25) is 0 Å². The van der Waals surface area contributed by atoms with Gasteiger partial charge in [-0.2, -0.15) is 0 Å². The van der Waals surface area contributed by atoms with Gasteiger partial charge in [-0.25, -0.2) is 4.98 Å². The number of benzene rings is 1. The highest BCUT2D eigenvalue weighted by molar-refractivity contribution is 7.99. The van der Waals surface area contributed by atoms with Crippen LogP contribution in [-0.2, 0) is 11.3 Å². The number of aliphatic hydroxyl groups excluding tert-OH is 1. The molecule has 0 radical (unpaired) electrons. The summed E-state index contributed by atoms with van der Waals surface area (Å²) < 4.78 is 5.49. The van der Waals surface area contributed by atoms with Crippen LogP contribution in [0, 0.1) is 0 Å². The summed E-state index contributed by atoms with van der Waals surface area (Å²) in [6.45, 7) is 0.808. The number of thioether (sulfide) groups is 1. The Labute approximate surface area is 123 Å². The second kappa shape index (κ2) is 7.89. The molecule has 0 bridgehead atoms. The van der Waals surface area contributed by atoms with E-state index >= 15 is 0 Å². The van der Waals surface area contributed by atoms with E-state index in [0.717, 1.165) is 10.6 Å². The van der Waals surface area contributed by atoms with Crippen LogP contribution >= 0.6 is 11.8 Å². The first-order valence-corrected chi connectivity index (χ1v) is 7.37. The Morgan fingerprint density at radius 1 is 1.20 bits per heavy atom. The van der Waals surface area contributed by atoms with Crippen LogP contribution in [0.2, 0.25) is 0 Å². The third-order valence-corrected chi connectivity index (χ3v) is 3.80. The molecular formula is C15H18N2O2S. The Morgan fingerprint density at radius 3 is 2.75 bits per heavy atom. The molecule has 4 nitrogen and oxygen atoms in total. The van der Waals surface area contributed by atoms with E-state index in [9.17, 15) is 5.11 Å². The Morgan fingerprint density at radius 2 is 2.00 bits per heavy atom. The van der Waals surface area contributed by atoms with Gasteiger partial charge >= 0.3 is 0 Å². The summed E-state index contributed by atoms with van der Waals surface area (Å²) in [5.74, 6) is 0.510. The molecule has 0 aliphatic carbocycles. The number of aromatic nitrogens is 1. The van der Waals surface area contributed by atoms with Crippen LogP contribution in [0.3, 0.4) is 0 Å². The fourth-order valence-corrected chi connectivity index (χ4v) is 2.45. The maximum Gasteiger partial charge on any atom is 0.119 e. The molecule has 0 saturated carbocycles. The first-order valence-electron chi connectivity index (χ1n) is 6.38. The largest absolute Gasteiger partial charge is 0.397 e. The van der Waals surface area contributed by atoms with Crippen LogP contribution in [-0.4, -0.2) is 28.6 Å². The molecule has 0 aliphatic heterocycles. The minimum absolute atomic E-state index is 0.300. The molecule has 1 aromatic carbocycles. The van der Waals surface area contributed by atoms with Gasteiger partial charge in [0.1, 0.15) is 5.03 Å². The first kappa shape index (κ1) is 14.8. The van der Waals surface area contributed by atoms with Gasteiger partial charge in [0.2, 0.25) is 0 Å². The van der Waals surface area contributed by atoms with Gasteiger partial charge in [0.15, 0.2) is 0 Å². The van der Waals surface area contributed by atoms with Crippen LogP contribution in [0.5, 0.6) is 0 Å². The predicted octanol–water partition coefficient (Wildman–Crippen LogP) is 2.33. The molecule has 5 heteroatoms. The molecule has 106 valence electrons. The van der Waals surface area contributed by atoms with E-state index in [4.69, 9.17) is 10.5 Å². The summed E-state index contributed by atoms with van der Waals surface area (Å²) in [6, 6.07) is 13.5. The molecule has 0 saturated heterocycles. The van der Waals surface area contributed by atoms with Gasteiger partial charge in [-0.15, -0.1) is 11.8 Å². The van der Waals surface area contributed by atoms with E-state index in [1.54, 1.807) is 18.3 Å². The van der Waals surface area contributed by atoms with Gasteiger partial charge in [-0.05, 0) is 17.7 Å². The lowest BCUT2D eigenvalue weighted by molar-refractivity contribution is 0.0398. The van der Waals surface area contributed by atoms with Gasteiger partial charge in [-0.1, -0.05) is 30.3 Å². The van der Waals surface area contributed by atoms with Gasteiger partial charge in [0, 0.05) is 11.9 Å². The van der Waals surface area contributed by atoms with Crippen LogP contribution < -0.4 is 5.73 Å². The van der Waals surface area contributed by atoms with Crippen LogP contribution in [0.1, 0.15) is 5.56 Å². The number of hydrogen-bond donors (Lipinski definition) is 2. The van der Waals surface area contributed by atoms with E-state index in [-0.39, 0.29) is 0 Å². The fraction of sp³-hybridized carbons (Fsp3) is 0.267. The molecule has 0 aliphatic rings. The molecule has 2 aromatic rings. The zero-order valence-electron chi connectivity index (χ0n) is 11.1. The minimum atomic E-state index is -0.537. The lowest BCUT2D eigenvalue weighted by Gasteiger charge is -2.11. The number of nitrogens with two attached hydrogens (primary N) is 1. The highest BCUT2D eigenvalue weighted by atomic mass is 32.2. The molecular weight excluding hydrogens is 272 g/mol. The number of nitrogen functional groups attached to an aromatic ring is 1. The standard InChI is InChI=1S/C15H18N2O2S/c16-14-7-4-8-17-15(14)20-11-13(18)10-19-9-12-5-2-1-3-6-12/h1-8,13,18H,9-11,16H2. The van der Waals surface area contributed by atoms with E-state index in [1.807, 2.05) is 30.3 Å². The number of rotatable bonds is 7. The highest BCUT2D eigenvalue weighted by Crippen LogP contribution is 2.22. The monoisotopic (exact) mass is 290 g/mol. The van der Waals surface area contributed by atoms with Gasteiger partial charge in [0.25, 0.3) is 0 Å². The number of hydrogen-bond acceptors (Lipinski definition) is 5. The maximum absolute atomic E-state index is 9.86. The van der Waals surface area contributed by atoms with Crippen molar-refractivity contribution in [3.63, 3.8) is 0 Å². The minimum Gasteiger partial charge on any atom is -0.397 e. The summed E-state index contributed by atoms with van der Waals surface area (Å²) in [4.78, 5) is 4.16. The lowest BCUT2D eigenvalue weighted by atomic mass is 10.2. The lowest BCUT2D eigenvalue weighted by Crippen LogP contribution is -2.18. The van der Waals surface area contributed by atoms with Crippen molar-refractivity contribution in [1.82, 2.24) is 4.98 Å². The summed E-state index contributed by atoms with van der Waals surface area (Å²) in [5.41, 5.74) is 7.52. The number of ether oxygens (including phenoxy) is 1. The highest BCUT2D eigenvalue weighted by Gasteiger charge is 2.08. The topological polar surface area (TPSA) is 68.4 Å². The second-order valence-corrected chi connectivity index (χ2v) is 5.37. The molecule has 3 N–H and O–H groups in total. The third-order valence-electron chi connectivity index (χ3n) is 2.63. The first-order chi connectivity index (χ1) is 9.75. The number of aliphatic hydroxyl groups is 1. The maximum atomic E-state index is 9.86. The van der Waals surface area contributed by atoms with E-state index in [0.29, 0.717) is 24.7 Å². The average Bonchev–Trinajstić information content (AvgIpc) is 2.47. The zero-order valence-corrected chi connectivity index (χ0v) is 11.9. The molecule has 0 fully saturated rings. The molecule has 1 aromatic heterocycles. The molecule has 0 amide bonds. The Bertz CT molecular complexity index is 522. The van der Waals surface area contributed by atoms with Gasteiger partial charge < -0.3 is 15.6 Å². The van der Waals surface area contributed by atoms with Crippen molar-refractivity contribution in [3.8, 4) is 0 Å². The number of nitrogens with zero attached hydrogens (tertiary/aromatic N) is 1. The van der Waals surface area contributed by atoms with E-state index in [1.165, 1.54) is 11.8 Å². The quantitative estimate of drug-likeness (QED) is 0.766. The van der Waals surface area contributed by atoms with Crippen molar-refractivity contribution >= 4 is 17.4 Å². The molecule has 2 rings (SSSR count). The van der Waals surface area contributed by atoms with Crippen molar-refractivity contribution in [3.05, 3.63) is 54.2 Å². The number of pyridine rings is 1.